The van der Waals surface area contributed by atoms with Gasteiger partial charge < -0.3 is 15.6 Å². The molecule has 0 bridgehead atoms. The van der Waals surface area contributed by atoms with E-state index in [0.717, 1.165) is 12.4 Å². The monoisotopic (exact) mass is 260 g/mol. The Morgan fingerprint density at radius 1 is 1.53 bits per heavy atom. The van der Waals surface area contributed by atoms with E-state index in [9.17, 15) is 4.79 Å². The summed E-state index contributed by atoms with van der Waals surface area (Å²) >= 11 is 0. The third-order valence-corrected chi connectivity index (χ3v) is 2.20. The number of halogens is 1. The topological polar surface area (TPSA) is 72.9 Å². The lowest BCUT2D eigenvalue weighted by Gasteiger charge is -2.11. The van der Waals surface area contributed by atoms with Crippen LogP contribution in [0.2, 0.25) is 0 Å². The molecule has 1 rings (SSSR count). The van der Waals surface area contributed by atoms with Gasteiger partial charge in [-0.2, -0.15) is 0 Å². The molecule has 3 N–H and O–H groups in total. The van der Waals surface area contributed by atoms with Gasteiger partial charge in [-0.05, 0) is 12.8 Å². The molecule has 17 heavy (non-hydrogen) atoms. The largest absolute Gasteiger partial charge is 0.348 e. The van der Waals surface area contributed by atoms with Crippen LogP contribution >= 0.6 is 12.4 Å². The number of amides is 1. The van der Waals surface area contributed by atoms with Crippen molar-refractivity contribution in [2.24, 2.45) is 11.7 Å². The van der Waals surface area contributed by atoms with Crippen LogP contribution in [0.4, 0.5) is 0 Å². The van der Waals surface area contributed by atoms with Gasteiger partial charge in [-0.3, -0.25) is 4.79 Å². The van der Waals surface area contributed by atoms with E-state index in [2.05, 4.69) is 24.1 Å². The molecule has 5 nitrogen and oxygen atoms in total. The molecule has 6 heteroatoms. The zero-order valence-electron chi connectivity index (χ0n) is 10.5. The van der Waals surface area contributed by atoms with Crippen LogP contribution in [-0.2, 0) is 17.9 Å². The minimum absolute atomic E-state index is 0. The van der Waals surface area contributed by atoms with Crippen molar-refractivity contribution in [1.29, 1.82) is 0 Å². The lowest BCUT2D eigenvalue weighted by Crippen LogP contribution is -2.38. The van der Waals surface area contributed by atoms with Crippen LogP contribution in [0.1, 0.15) is 26.6 Å². The van der Waals surface area contributed by atoms with Gasteiger partial charge in [-0.25, -0.2) is 4.98 Å². The van der Waals surface area contributed by atoms with E-state index < -0.39 is 6.04 Å². The highest BCUT2D eigenvalue weighted by molar-refractivity contribution is 5.85. The third kappa shape index (κ3) is 5.19. The van der Waals surface area contributed by atoms with Crippen molar-refractivity contribution in [2.45, 2.75) is 39.9 Å². The summed E-state index contributed by atoms with van der Waals surface area (Å²) in [6.07, 6.45) is 3.67. The van der Waals surface area contributed by atoms with Crippen molar-refractivity contribution in [3.63, 3.8) is 0 Å². The third-order valence-electron chi connectivity index (χ3n) is 2.20. The minimum Gasteiger partial charge on any atom is -0.348 e. The molecule has 1 unspecified atom stereocenters. The first-order valence-corrected chi connectivity index (χ1v) is 5.54. The highest BCUT2D eigenvalue weighted by Crippen LogP contribution is 2.03. The van der Waals surface area contributed by atoms with E-state index in [0.29, 0.717) is 12.5 Å². The van der Waals surface area contributed by atoms with E-state index in [1.54, 1.807) is 13.1 Å². The number of imidazole rings is 1. The highest BCUT2D eigenvalue weighted by Gasteiger charge is 2.09. The Bertz CT molecular complexity index is 349. The summed E-state index contributed by atoms with van der Waals surface area (Å²) in [6, 6.07) is -0.478. The summed E-state index contributed by atoms with van der Waals surface area (Å²) in [4.78, 5) is 15.5. The number of carbonyl (C=O) groups excluding carboxylic acids is 1. The Hall–Kier alpha value is -1.07. The molecule has 0 saturated heterocycles. The molecule has 0 fully saturated rings. The van der Waals surface area contributed by atoms with Gasteiger partial charge in [0.1, 0.15) is 5.82 Å². The fourth-order valence-electron chi connectivity index (χ4n) is 1.39. The lowest BCUT2D eigenvalue weighted by molar-refractivity contribution is -0.122. The number of rotatable bonds is 5. The average Bonchev–Trinajstić information content (AvgIpc) is 2.60. The van der Waals surface area contributed by atoms with Gasteiger partial charge in [-0.15, -0.1) is 12.4 Å². The van der Waals surface area contributed by atoms with Crippen LogP contribution in [0.3, 0.4) is 0 Å². The van der Waals surface area contributed by atoms with Crippen molar-refractivity contribution in [1.82, 2.24) is 14.9 Å². The second-order valence-corrected chi connectivity index (χ2v) is 4.40. The van der Waals surface area contributed by atoms with Crippen LogP contribution in [-0.4, -0.2) is 21.5 Å². The van der Waals surface area contributed by atoms with Crippen molar-refractivity contribution >= 4 is 18.3 Å². The van der Waals surface area contributed by atoms with Gasteiger partial charge in [0.25, 0.3) is 0 Å². The normalized spacial score (nSPS) is 12.1. The standard InChI is InChI=1S/C11H20N4O.ClH/c1-8(2)7-15-5-4-13-10(15)6-14-11(16)9(3)12;/h4-5,8-9H,6-7,12H2,1-3H3,(H,14,16);1H. The fraction of sp³-hybridized carbons (Fsp3) is 0.636. The van der Waals surface area contributed by atoms with E-state index >= 15 is 0 Å². The fourth-order valence-corrected chi connectivity index (χ4v) is 1.39. The number of nitrogens with one attached hydrogen (secondary N) is 1. The first-order chi connectivity index (χ1) is 7.50. The molecule has 1 atom stereocenters. The number of nitrogens with zero attached hydrogens (tertiary/aromatic N) is 2. The summed E-state index contributed by atoms with van der Waals surface area (Å²) in [7, 11) is 0. The van der Waals surface area contributed by atoms with Gasteiger partial charge in [0.2, 0.25) is 5.91 Å². The number of hydrogen-bond donors (Lipinski definition) is 2. The van der Waals surface area contributed by atoms with Crippen LogP contribution in [0, 0.1) is 5.92 Å². The van der Waals surface area contributed by atoms with Crippen LogP contribution in [0.15, 0.2) is 12.4 Å². The summed E-state index contributed by atoms with van der Waals surface area (Å²) in [5.41, 5.74) is 5.45. The Morgan fingerprint density at radius 2 is 2.18 bits per heavy atom. The Labute approximate surface area is 108 Å². The van der Waals surface area contributed by atoms with E-state index in [1.165, 1.54) is 0 Å². The molecule has 0 saturated carbocycles. The summed E-state index contributed by atoms with van der Waals surface area (Å²) in [5, 5.41) is 2.75. The van der Waals surface area contributed by atoms with E-state index in [-0.39, 0.29) is 18.3 Å². The van der Waals surface area contributed by atoms with Gasteiger partial charge in [0, 0.05) is 18.9 Å². The van der Waals surface area contributed by atoms with Gasteiger partial charge in [0.05, 0.1) is 12.6 Å². The predicted octanol–water partition coefficient (Wildman–Crippen LogP) is 0.924. The number of hydrogen-bond acceptors (Lipinski definition) is 3. The maximum absolute atomic E-state index is 11.3. The quantitative estimate of drug-likeness (QED) is 0.827. The smallest absolute Gasteiger partial charge is 0.237 e. The molecular formula is C11H21ClN4O. The SMILES string of the molecule is CC(C)Cn1ccnc1CNC(=O)C(C)N.Cl. The Morgan fingerprint density at radius 3 is 2.71 bits per heavy atom. The first kappa shape index (κ1) is 15.9. The van der Waals surface area contributed by atoms with E-state index in [4.69, 9.17) is 5.73 Å². The Kier molecular flexibility index (Phi) is 6.83. The van der Waals surface area contributed by atoms with Crippen molar-refractivity contribution in [3.8, 4) is 0 Å². The molecule has 1 amide bonds. The number of aromatic nitrogens is 2. The predicted molar refractivity (Wildman–Crippen MR) is 69.8 cm³/mol. The first-order valence-electron chi connectivity index (χ1n) is 5.54. The molecule has 0 aliphatic carbocycles. The van der Waals surface area contributed by atoms with Gasteiger partial charge >= 0.3 is 0 Å². The summed E-state index contributed by atoms with van der Waals surface area (Å²) in [6.45, 7) is 7.29. The molecule has 1 aromatic rings. The second-order valence-electron chi connectivity index (χ2n) is 4.40. The zero-order valence-corrected chi connectivity index (χ0v) is 11.3. The van der Waals surface area contributed by atoms with Crippen LogP contribution in [0.25, 0.3) is 0 Å². The molecule has 1 aromatic heterocycles. The molecule has 1 heterocycles. The average molecular weight is 261 g/mol. The summed E-state index contributed by atoms with van der Waals surface area (Å²) < 4.78 is 2.05. The Balaban J connectivity index is 0.00000256. The minimum atomic E-state index is -0.478. The van der Waals surface area contributed by atoms with Gasteiger partial charge in [0.15, 0.2) is 0 Å². The summed E-state index contributed by atoms with van der Waals surface area (Å²) in [5.74, 6) is 1.26. The molecule has 0 aromatic carbocycles. The highest BCUT2D eigenvalue weighted by atomic mass is 35.5. The maximum Gasteiger partial charge on any atom is 0.237 e. The number of nitrogens with two attached hydrogens (primary N) is 1. The van der Waals surface area contributed by atoms with Crippen molar-refractivity contribution in [3.05, 3.63) is 18.2 Å². The second kappa shape index (κ2) is 7.29. The molecule has 0 spiro atoms. The zero-order chi connectivity index (χ0) is 12.1. The number of carbonyl (C=O) groups is 1. The lowest BCUT2D eigenvalue weighted by atomic mass is 10.2. The van der Waals surface area contributed by atoms with Crippen LogP contribution in [0.5, 0.6) is 0 Å². The molecule has 0 aliphatic heterocycles. The van der Waals surface area contributed by atoms with Crippen LogP contribution < -0.4 is 11.1 Å². The van der Waals surface area contributed by atoms with Gasteiger partial charge in [-0.1, -0.05) is 13.8 Å². The van der Waals surface area contributed by atoms with Crippen molar-refractivity contribution < 1.29 is 4.79 Å². The maximum atomic E-state index is 11.3. The molecule has 0 radical (unpaired) electrons. The molecular weight excluding hydrogens is 240 g/mol. The van der Waals surface area contributed by atoms with Crippen molar-refractivity contribution in [2.75, 3.05) is 0 Å². The van der Waals surface area contributed by atoms with E-state index in [1.807, 2.05) is 10.8 Å². The molecule has 0 aliphatic rings. The molecule has 98 valence electrons.